The van der Waals surface area contributed by atoms with Gasteiger partial charge in [0.15, 0.2) is 17.6 Å². The maximum absolute atomic E-state index is 13.4. The lowest BCUT2D eigenvalue weighted by molar-refractivity contribution is -0.173. The minimum absolute atomic E-state index is 0.0361. The number of amides is 1. The van der Waals surface area contributed by atoms with Crippen molar-refractivity contribution in [3.05, 3.63) is 34.6 Å². The summed E-state index contributed by atoms with van der Waals surface area (Å²) < 4.78 is 6.25. The highest BCUT2D eigenvalue weighted by atomic mass is 16.5. The zero-order valence-electron chi connectivity index (χ0n) is 18.2. The molecule has 3 aliphatic heterocycles. The monoisotopic (exact) mass is 438 g/mol. The van der Waals surface area contributed by atoms with E-state index in [1.807, 2.05) is 6.07 Å². The number of hydrogen-bond acceptors (Lipinski definition) is 6. The lowest BCUT2D eigenvalue weighted by Crippen LogP contribution is -2.75. The van der Waals surface area contributed by atoms with Crippen molar-refractivity contribution in [3.8, 4) is 11.5 Å². The molecule has 3 N–H and O–H groups in total. The summed E-state index contributed by atoms with van der Waals surface area (Å²) in [6.07, 6.45) is 5.01. The molecule has 7 nitrogen and oxygen atoms in total. The summed E-state index contributed by atoms with van der Waals surface area (Å²) in [6.45, 7) is 3.17. The molecule has 0 aromatic heterocycles. The molecule has 1 saturated carbocycles. The number of piperidine rings is 1. The number of aromatic hydroxyl groups is 1. The Hall–Kier alpha value is -2.25. The number of phenols is 1. The van der Waals surface area contributed by atoms with Crippen molar-refractivity contribution in [1.82, 2.24) is 9.80 Å². The molecule has 4 atom stereocenters. The van der Waals surface area contributed by atoms with Gasteiger partial charge in [-0.15, -0.1) is 0 Å². The van der Waals surface area contributed by atoms with E-state index < -0.39 is 17.1 Å². The fourth-order valence-electron chi connectivity index (χ4n) is 7.47. The van der Waals surface area contributed by atoms with E-state index in [-0.39, 0.29) is 29.9 Å². The molecule has 3 aliphatic carbocycles. The van der Waals surface area contributed by atoms with Crippen LogP contribution in [0.25, 0.3) is 0 Å². The Labute approximate surface area is 187 Å². The second kappa shape index (κ2) is 6.20. The number of aliphatic hydroxyl groups excluding tert-OH is 1. The summed E-state index contributed by atoms with van der Waals surface area (Å²) in [4.78, 5) is 17.6. The standard InChI is InChI=1S/C25H30N2O5/c28-17-6-5-15-11-18-25(31)12-16(23(30)26-8-1-2-9-26)20(29)22-24(25,19(15)21(17)32-22)7-10-27(18)13-14-3-4-14/h5-6,14,18,22,28-29,31H,1-4,7-13H2/t18-,22+,24+,25-/m1/s1. The molecule has 2 bridgehead atoms. The Balaban J connectivity index is 1.41. The molecule has 3 fully saturated rings. The third-order valence-electron chi connectivity index (χ3n) is 9.17. The Morgan fingerprint density at radius 3 is 2.69 bits per heavy atom. The normalized spacial score (nSPS) is 37.5. The molecule has 1 aromatic rings. The Morgan fingerprint density at radius 1 is 1.16 bits per heavy atom. The predicted octanol–water partition coefficient (Wildman–Crippen LogP) is 2.00. The number of hydrogen-bond donors (Lipinski definition) is 3. The van der Waals surface area contributed by atoms with Crippen molar-refractivity contribution in [2.24, 2.45) is 5.92 Å². The van der Waals surface area contributed by atoms with E-state index in [9.17, 15) is 20.1 Å². The van der Waals surface area contributed by atoms with Gasteiger partial charge in [0.25, 0.3) is 5.91 Å². The van der Waals surface area contributed by atoms with E-state index in [1.54, 1.807) is 11.0 Å². The molecule has 0 radical (unpaired) electrons. The van der Waals surface area contributed by atoms with Gasteiger partial charge in [0.2, 0.25) is 0 Å². The van der Waals surface area contributed by atoms with E-state index in [0.717, 1.165) is 37.1 Å². The molecule has 7 heteroatoms. The van der Waals surface area contributed by atoms with E-state index in [4.69, 9.17) is 4.74 Å². The lowest BCUT2D eigenvalue weighted by atomic mass is 9.49. The minimum atomic E-state index is -1.23. The van der Waals surface area contributed by atoms with Crippen LogP contribution < -0.4 is 4.74 Å². The topological polar surface area (TPSA) is 93.5 Å². The van der Waals surface area contributed by atoms with Gasteiger partial charge in [-0.1, -0.05) is 6.07 Å². The zero-order chi connectivity index (χ0) is 21.8. The van der Waals surface area contributed by atoms with Gasteiger partial charge in [-0.05, 0) is 62.6 Å². The van der Waals surface area contributed by atoms with Crippen LogP contribution in [0.5, 0.6) is 11.5 Å². The molecule has 1 spiro atoms. The van der Waals surface area contributed by atoms with Crippen LogP contribution in [0.3, 0.4) is 0 Å². The first-order valence-electron chi connectivity index (χ1n) is 12.1. The fourth-order valence-corrected chi connectivity index (χ4v) is 7.47. The number of benzene rings is 1. The highest BCUT2D eigenvalue weighted by Gasteiger charge is 2.73. The van der Waals surface area contributed by atoms with Gasteiger partial charge >= 0.3 is 0 Å². The van der Waals surface area contributed by atoms with E-state index in [0.29, 0.717) is 43.2 Å². The summed E-state index contributed by atoms with van der Waals surface area (Å²) in [5, 5.41) is 34.6. The molecule has 7 rings (SSSR count). The number of ether oxygens (including phenoxy) is 1. The first kappa shape index (κ1) is 19.2. The number of nitrogens with zero attached hydrogens (tertiary/aromatic N) is 2. The summed E-state index contributed by atoms with van der Waals surface area (Å²) in [6, 6.07) is 3.46. The van der Waals surface area contributed by atoms with Gasteiger partial charge in [0.05, 0.1) is 16.6 Å². The third-order valence-corrected chi connectivity index (χ3v) is 9.17. The largest absolute Gasteiger partial charge is 0.508 e. The van der Waals surface area contributed by atoms with Crippen molar-refractivity contribution in [1.29, 1.82) is 0 Å². The average Bonchev–Trinajstić information content (AvgIpc) is 3.28. The number of likely N-dealkylation sites (tertiary alicyclic amines) is 2. The molecular weight excluding hydrogens is 408 g/mol. The summed E-state index contributed by atoms with van der Waals surface area (Å²) in [5.41, 5.74) is 0.166. The van der Waals surface area contributed by atoms with E-state index in [2.05, 4.69) is 4.90 Å². The minimum Gasteiger partial charge on any atom is -0.508 e. The fraction of sp³-hybridized carbons (Fsp3) is 0.640. The highest BCUT2D eigenvalue weighted by Crippen LogP contribution is 2.66. The molecule has 3 heterocycles. The molecule has 0 unspecified atom stereocenters. The van der Waals surface area contributed by atoms with Gasteiger partial charge in [-0.3, -0.25) is 9.69 Å². The quantitative estimate of drug-likeness (QED) is 0.669. The van der Waals surface area contributed by atoms with E-state index >= 15 is 0 Å². The Bertz CT molecular complexity index is 1060. The van der Waals surface area contributed by atoms with Crippen LogP contribution in [0.4, 0.5) is 0 Å². The van der Waals surface area contributed by atoms with Crippen LogP contribution in [-0.2, 0) is 16.6 Å². The lowest BCUT2D eigenvalue weighted by Gasteiger charge is -2.62. The summed E-state index contributed by atoms with van der Waals surface area (Å²) in [7, 11) is 0. The Morgan fingerprint density at radius 2 is 1.94 bits per heavy atom. The molecule has 1 amide bonds. The van der Waals surface area contributed by atoms with E-state index in [1.165, 1.54) is 12.8 Å². The predicted molar refractivity (Wildman–Crippen MR) is 116 cm³/mol. The van der Waals surface area contributed by atoms with Crippen LogP contribution in [0.15, 0.2) is 23.5 Å². The number of rotatable bonds is 3. The van der Waals surface area contributed by atoms with Crippen LogP contribution >= 0.6 is 0 Å². The molecular formula is C25H30N2O5. The second-order valence-electron chi connectivity index (χ2n) is 10.8. The SMILES string of the molecule is O=C(C1=C(O)[C@@H]2Oc3c(O)ccc4c3[C@@]23CCN(CC2CC2)[C@H](C4)[C@]3(O)C1)N1CCCC1. The van der Waals surface area contributed by atoms with Crippen LogP contribution in [0, 0.1) is 5.92 Å². The Kier molecular flexibility index (Phi) is 3.73. The smallest absolute Gasteiger partial charge is 0.253 e. The summed E-state index contributed by atoms with van der Waals surface area (Å²) >= 11 is 0. The third kappa shape index (κ3) is 2.21. The number of carbonyl (C=O) groups excluding carboxylic acids is 1. The highest BCUT2D eigenvalue weighted by molar-refractivity contribution is 5.95. The molecule has 2 saturated heterocycles. The number of aliphatic hydroxyl groups is 2. The molecule has 170 valence electrons. The van der Waals surface area contributed by atoms with Crippen molar-refractivity contribution >= 4 is 5.91 Å². The number of carbonyl (C=O) groups is 1. The van der Waals surface area contributed by atoms with Crippen molar-refractivity contribution in [2.75, 3.05) is 26.2 Å². The maximum Gasteiger partial charge on any atom is 0.253 e. The molecule has 6 aliphatic rings. The number of phenolic OH excluding ortho intramolecular Hbond substituents is 1. The van der Waals surface area contributed by atoms with Crippen LogP contribution in [0.1, 0.15) is 49.7 Å². The van der Waals surface area contributed by atoms with Crippen LogP contribution in [0.2, 0.25) is 0 Å². The first-order valence-corrected chi connectivity index (χ1v) is 12.1. The second-order valence-corrected chi connectivity index (χ2v) is 10.8. The van der Waals surface area contributed by atoms with Gasteiger partial charge in [-0.25, -0.2) is 0 Å². The maximum atomic E-state index is 13.4. The molecule has 32 heavy (non-hydrogen) atoms. The molecule has 1 aromatic carbocycles. The van der Waals surface area contributed by atoms with Crippen molar-refractivity contribution in [3.63, 3.8) is 0 Å². The summed E-state index contributed by atoms with van der Waals surface area (Å²) in [5.74, 6) is 0.878. The zero-order valence-corrected chi connectivity index (χ0v) is 18.2. The van der Waals surface area contributed by atoms with Gasteiger partial charge in [-0.2, -0.15) is 0 Å². The van der Waals surface area contributed by atoms with Crippen molar-refractivity contribution in [2.45, 2.75) is 68.1 Å². The van der Waals surface area contributed by atoms with Crippen molar-refractivity contribution < 1.29 is 24.9 Å². The average molecular weight is 439 g/mol. The van der Waals surface area contributed by atoms with Crippen LogP contribution in [-0.4, -0.2) is 75.0 Å². The van der Waals surface area contributed by atoms with Gasteiger partial charge in [0.1, 0.15) is 5.76 Å². The van der Waals surface area contributed by atoms with Gasteiger partial charge < -0.3 is 25.0 Å². The first-order chi connectivity index (χ1) is 15.4. The van der Waals surface area contributed by atoms with Gasteiger partial charge in [0, 0.05) is 37.7 Å².